The van der Waals surface area contributed by atoms with E-state index in [0.29, 0.717) is 23.7 Å². The second-order valence-corrected chi connectivity index (χ2v) is 6.93. The lowest BCUT2D eigenvalue weighted by atomic mass is 9.80. The molecule has 1 amide bonds. The molecule has 0 saturated carbocycles. The number of rotatable bonds is 5. The van der Waals surface area contributed by atoms with Crippen molar-refractivity contribution in [2.24, 2.45) is 11.3 Å². The zero-order valence-corrected chi connectivity index (χ0v) is 15.0. The number of carbonyl (C=O) groups excluding carboxylic acids is 1. The number of hydrogen-bond acceptors (Lipinski definition) is 4. The molecule has 1 N–H and O–H groups in total. The van der Waals surface area contributed by atoms with Crippen molar-refractivity contribution in [1.82, 2.24) is 15.1 Å². The van der Waals surface area contributed by atoms with Crippen LogP contribution < -0.4 is 5.32 Å². The van der Waals surface area contributed by atoms with E-state index in [9.17, 15) is 4.79 Å². The third-order valence-corrected chi connectivity index (χ3v) is 4.80. The maximum atomic E-state index is 12.1. The van der Waals surface area contributed by atoms with E-state index in [2.05, 4.69) is 35.5 Å². The third kappa shape index (κ3) is 4.41. The van der Waals surface area contributed by atoms with Gasteiger partial charge in [-0.25, -0.2) is 0 Å². The molecule has 4 nitrogen and oxygen atoms in total. The number of fused-ring (bicyclic) bond motifs is 1. The van der Waals surface area contributed by atoms with E-state index in [4.69, 9.17) is 0 Å². The van der Waals surface area contributed by atoms with Gasteiger partial charge in [0.15, 0.2) is 0 Å². The van der Waals surface area contributed by atoms with Crippen molar-refractivity contribution in [3.63, 3.8) is 0 Å². The minimum absolute atomic E-state index is 0. The van der Waals surface area contributed by atoms with E-state index in [1.54, 1.807) is 11.8 Å². The van der Waals surface area contributed by atoms with Crippen molar-refractivity contribution in [2.75, 3.05) is 58.8 Å². The molecule has 2 aliphatic heterocycles. The van der Waals surface area contributed by atoms with Crippen LogP contribution in [0.5, 0.6) is 0 Å². The van der Waals surface area contributed by atoms with Crippen LogP contribution in [0.4, 0.5) is 0 Å². The molecule has 2 unspecified atom stereocenters. The number of halogens is 2. The largest absolute Gasteiger partial charge is 0.342 e. The molecule has 0 aromatic heterocycles. The Balaban J connectivity index is 0.00000180. The predicted octanol–water partition coefficient (Wildman–Crippen LogP) is 1.19. The maximum absolute atomic E-state index is 12.1. The first-order valence-corrected chi connectivity index (χ1v) is 8.09. The summed E-state index contributed by atoms with van der Waals surface area (Å²) in [6.45, 7) is 5.10. The van der Waals surface area contributed by atoms with Gasteiger partial charge in [0.05, 0.1) is 0 Å². The number of carbonyl (C=O) groups is 1. The number of nitrogens with zero attached hydrogens (tertiary/aromatic N) is 2. The summed E-state index contributed by atoms with van der Waals surface area (Å²) in [7, 11) is 4.25. The Labute approximate surface area is 139 Å². The first kappa shape index (κ1) is 20.3. The van der Waals surface area contributed by atoms with Crippen LogP contribution in [0.25, 0.3) is 0 Å². The lowest BCUT2D eigenvalue weighted by molar-refractivity contribution is -0.130. The summed E-state index contributed by atoms with van der Waals surface area (Å²) in [6, 6.07) is 0. The molecule has 2 atom stereocenters. The van der Waals surface area contributed by atoms with E-state index in [-0.39, 0.29) is 24.8 Å². The average Bonchev–Trinajstić information content (AvgIpc) is 2.80. The van der Waals surface area contributed by atoms with Crippen molar-refractivity contribution in [2.45, 2.75) is 6.42 Å². The van der Waals surface area contributed by atoms with Crippen LogP contribution in [0.15, 0.2) is 0 Å². The van der Waals surface area contributed by atoms with Crippen molar-refractivity contribution in [1.29, 1.82) is 0 Å². The summed E-state index contributed by atoms with van der Waals surface area (Å²) < 4.78 is 0. The van der Waals surface area contributed by atoms with E-state index < -0.39 is 0 Å². The summed E-state index contributed by atoms with van der Waals surface area (Å²) in [5.41, 5.74) is 0.290. The minimum atomic E-state index is 0. The van der Waals surface area contributed by atoms with Gasteiger partial charge < -0.3 is 15.1 Å². The first-order valence-electron chi connectivity index (χ1n) is 6.69. The highest BCUT2D eigenvalue weighted by molar-refractivity contribution is 7.98. The molecule has 0 aromatic carbocycles. The number of hydrogen-bond donors (Lipinski definition) is 1. The molecular weight excluding hydrogens is 317 g/mol. The molecular formula is C13H27Cl2N3OS. The lowest BCUT2D eigenvalue weighted by Crippen LogP contribution is -2.42. The van der Waals surface area contributed by atoms with Gasteiger partial charge in [0.25, 0.3) is 0 Å². The van der Waals surface area contributed by atoms with Gasteiger partial charge in [-0.2, -0.15) is 11.8 Å². The van der Waals surface area contributed by atoms with Gasteiger partial charge in [-0.3, -0.25) is 4.79 Å². The summed E-state index contributed by atoms with van der Waals surface area (Å²) >= 11 is 1.75. The van der Waals surface area contributed by atoms with Crippen LogP contribution >= 0.6 is 36.6 Å². The Morgan fingerprint density at radius 1 is 1.45 bits per heavy atom. The molecule has 7 heteroatoms. The number of nitrogens with one attached hydrogen (secondary N) is 1. The van der Waals surface area contributed by atoms with Crippen LogP contribution in [-0.4, -0.2) is 74.5 Å². The van der Waals surface area contributed by atoms with E-state index in [1.807, 2.05) is 0 Å². The molecule has 0 aliphatic carbocycles. The zero-order chi connectivity index (χ0) is 13.2. The van der Waals surface area contributed by atoms with Gasteiger partial charge >= 0.3 is 0 Å². The second-order valence-electron chi connectivity index (χ2n) is 5.95. The van der Waals surface area contributed by atoms with Crippen LogP contribution in [0, 0.1) is 11.3 Å². The van der Waals surface area contributed by atoms with Crippen molar-refractivity contribution in [3.05, 3.63) is 0 Å². The molecule has 0 radical (unpaired) electrons. The van der Waals surface area contributed by atoms with Crippen LogP contribution in [0.2, 0.25) is 0 Å². The quantitative estimate of drug-likeness (QED) is 0.813. The van der Waals surface area contributed by atoms with Crippen molar-refractivity contribution < 1.29 is 4.79 Å². The highest BCUT2D eigenvalue weighted by Gasteiger charge is 2.50. The molecule has 2 fully saturated rings. The number of likely N-dealkylation sites (tertiary alicyclic amines) is 1. The van der Waals surface area contributed by atoms with Gasteiger partial charge in [0, 0.05) is 50.3 Å². The Morgan fingerprint density at radius 2 is 2.15 bits per heavy atom. The van der Waals surface area contributed by atoms with Crippen molar-refractivity contribution in [3.8, 4) is 0 Å². The summed E-state index contributed by atoms with van der Waals surface area (Å²) in [4.78, 5) is 16.5. The smallest absolute Gasteiger partial charge is 0.223 e. The summed E-state index contributed by atoms with van der Waals surface area (Å²) in [6.07, 6.45) is 2.75. The third-order valence-electron chi connectivity index (χ3n) is 4.18. The molecule has 2 rings (SSSR count). The lowest BCUT2D eigenvalue weighted by Gasteiger charge is -2.31. The molecule has 2 heterocycles. The van der Waals surface area contributed by atoms with Crippen molar-refractivity contribution >= 4 is 42.5 Å². The molecule has 0 bridgehead atoms. The van der Waals surface area contributed by atoms with Crippen LogP contribution in [-0.2, 0) is 4.79 Å². The standard InChI is InChI=1S/C13H25N3OS.2ClH/c1-15(2)9-13-8-14-6-11(13)7-16(10-13)12(17)4-5-18-3;;/h11,14H,4-10H2,1-3H3;2*1H. The molecule has 0 spiro atoms. The first-order chi connectivity index (χ1) is 8.57. The topological polar surface area (TPSA) is 35.6 Å². The number of amides is 1. The van der Waals surface area contributed by atoms with E-state index in [0.717, 1.165) is 38.5 Å². The van der Waals surface area contributed by atoms with Gasteiger partial charge in [-0.15, -0.1) is 24.8 Å². The van der Waals surface area contributed by atoms with Gasteiger partial charge in [0.1, 0.15) is 0 Å². The average molecular weight is 344 g/mol. The van der Waals surface area contributed by atoms with Gasteiger partial charge in [-0.1, -0.05) is 0 Å². The molecule has 120 valence electrons. The summed E-state index contributed by atoms with van der Waals surface area (Å²) in [5, 5.41) is 3.50. The Kier molecular flexibility index (Phi) is 8.83. The van der Waals surface area contributed by atoms with E-state index in [1.165, 1.54) is 0 Å². The fourth-order valence-corrected chi connectivity index (χ4v) is 3.79. The zero-order valence-electron chi connectivity index (χ0n) is 12.6. The fourth-order valence-electron chi connectivity index (χ4n) is 3.41. The fraction of sp³-hybridized carbons (Fsp3) is 0.923. The Hall–Kier alpha value is 0.320. The predicted molar refractivity (Wildman–Crippen MR) is 91.4 cm³/mol. The minimum Gasteiger partial charge on any atom is -0.342 e. The molecule has 2 aliphatic rings. The molecule has 2 saturated heterocycles. The number of thioether (sulfide) groups is 1. The molecule has 20 heavy (non-hydrogen) atoms. The highest BCUT2D eigenvalue weighted by Crippen LogP contribution is 2.39. The SMILES string of the molecule is CSCCC(=O)N1CC2CNCC2(CN(C)C)C1.Cl.Cl. The normalized spacial score (nSPS) is 28.0. The highest BCUT2D eigenvalue weighted by atomic mass is 35.5. The van der Waals surface area contributed by atoms with Crippen LogP contribution in [0.3, 0.4) is 0 Å². The Morgan fingerprint density at radius 3 is 2.75 bits per heavy atom. The second kappa shape index (κ2) is 8.69. The molecule has 0 aromatic rings. The van der Waals surface area contributed by atoms with Crippen LogP contribution in [0.1, 0.15) is 6.42 Å². The maximum Gasteiger partial charge on any atom is 0.223 e. The monoisotopic (exact) mass is 343 g/mol. The van der Waals surface area contributed by atoms with Gasteiger partial charge in [-0.05, 0) is 26.3 Å². The summed E-state index contributed by atoms with van der Waals surface area (Å²) in [5.74, 6) is 1.92. The van der Waals surface area contributed by atoms with Gasteiger partial charge in [0.2, 0.25) is 5.91 Å². The van der Waals surface area contributed by atoms with E-state index >= 15 is 0 Å². The Bertz CT molecular complexity index is 320.